The van der Waals surface area contributed by atoms with E-state index in [0.717, 1.165) is 0 Å². The average Bonchev–Trinajstić information content (AvgIpc) is 2.35. The molecule has 6 nitrogen and oxygen atoms in total. The second-order valence-electron chi connectivity index (χ2n) is 5.24. The van der Waals surface area contributed by atoms with Crippen LogP contribution in [0.25, 0.3) is 0 Å². The summed E-state index contributed by atoms with van der Waals surface area (Å²) in [7, 11) is 0. The van der Waals surface area contributed by atoms with Crippen LogP contribution in [0.1, 0.15) is 26.5 Å². The Hall–Kier alpha value is -1.81. The van der Waals surface area contributed by atoms with Crippen LogP contribution in [-0.2, 0) is 4.74 Å². The van der Waals surface area contributed by atoms with E-state index in [-0.39, 0.29) is 11.6 Å². The minimum Gasteiger partial charge on any atom is -0.474 e. The predicted octanol–water partition coefficient (Wildman–Crippen LogP) is 2.85. The van der Waals surface area contributed by atoms with Gasteiger partial charge in [0.2, 0.25) is 5.88 Å². The molecular formula is C13H14BrN3O3. The SMILES string of the molecule is CC(C)(C)OC(=O)N1CCOc2nc(C#N)c(Br)cc21. The number of hydrogen-bond acceptors (Lipinski definition) is 5. The summed E-state index contributed by atoms with van der Waals surface area (Å²) in [5.41, 5.74) is 0.137. The first-order chi connectivity index (χ1) is 9.31. The van der Waals surface area contributed by atoms with Crippen LogP contribution < -0.4 is 9.64 Å². The Morgan fingerprint density at radius 3 is 2.90 bits per heavy atom. The molecule has 1 amide bonds. The van der Waals surface area contributed by atoms with Gasteiger partial charge >= 0.3 is 6.09 Å². The topological polar surface area (TPSA) is 75.4 Å². The van der Waals surface area contributed by atoms with E-state index in [0.29, 0.717) is 23.3 Å². The molecule has 0 spiro atoms. The summed E-state index contributed by atoms with van der Waals surface area (Å²) in [4.78, 5) is 17.7. The van der Waals surface area contributed by atoms with Crippen LogP contribution in [0, 0.1) is 11.3 Å². The quantitative estimate of drug-likeness (QED) is 0.726. The summed E-state index contributed by atoms with van der Waals surface area (Å²) < 4.78 is 11.3. The smallest absolute Gasteiger partial charge is 0.415 e. The van der Waals surface area contributed by atoms with Gasteiger partial charge in [-0.15, -0.1) is 0 Å². The second kappa shape index (κ2) is 5.29. The van der Waals surface area contributed by atoms with E-state index >= 15 is 0 Å². The van der Waals surface area contributed by atoms with Gasteiger partial charge in [0.05, 0.1) is 11.0 Å². The van der Waals surface area contributed by atoms with Crippen molar-refractivity contribution in [2.24, 2.45) is 0 Å². The van der Waals surface area contributed by atoms with Gasteiger partial charge in [0.1, 0.15) is 24.0 Å². The number of hydrogen-bond donors (Lipinski definition) is 0. The molecule has 1 aliphatic heterocycles. The number of carbonyl (C=O) groups excluding carboxylic acids is 1. The summed E-state index contributed by atoms with van der Waals surface area (Å²) in [5, 5.41) is 8.94. The second-order valence-corrected chi connectivity index (χ2v) is 6.09. The minimum absolute atomic E-state index is 0.217. The third-order valence-electron chi connectivity index (χ3n) is 2.49. The van der Waals surface area contributed by atoms with Gasteiger partial charge in [0, 0.05) is 0 Å². The highest BCUT2D eigenvalue weighted by atomic mass is 79.9. The third kappa shape index (κ3) is 3.02. The Morgan fingerprint density at radius 2 is 2.30 bits per heavy atom. The number of carbonyl (C=O) groups is 1. The van der Waals surface area contributed by atoms with Gasteiger partial charge in [-0.25, -0.2) is 4.79 Å². The number of nitriles is 1. The fourth-order valence-corrected chi connectivity index (χ4v) is 2.10. The Morgan fingerprint density at radius 1 is 1.60 bits per heavy atom. The molecule has 1 aliphatic rings. The van der Waals surface area contributed by atoms with Crippen LogP contribution in [0.15, 0.2) is 10.5 Å². The number of rotatable bonds is 0. The lowest BCUT2D eigenvalue weighted by atomic mass is 10.2. The van der Waals surface area contributed by atoms with Crippen LogP contribution >= 0.6 is 15.9 Å². The Bertz CT molecular complexity index is 590. The normalized spacial score (nSPS) is 14.1. The van der Waals surface area contributed by atoms with Crippen LogP contribution in [0.5, 0.6) is 5.88 Å². The van der Waals surface area contributed by atoms with Crippen LogP contribution in [0.4, 0.5) is 10.5 Å². The molecule has 0 unspecified atom stereocenters. The molecular weight excluding hydrogens is 326 g/mol. The molecule has 0 fully saturated rings. The largest absolute Gasteiger partial charge is 0.474 e. The van der Waals surface area contributed by atoms with Gasteiger partial charge in [-0.3, -0.25) is 4.90 Å². The van der Waals surface area contributed by atoms with E-state index in [1.54, 1.807) is 26.8 Å². The average molecular weight is 340 g/mol. The van der Waals surface area contributed by atoms with E-state index < -0.39 is 11.7 Å². The monoisotopic (exact) mass is 339 g/mol. The van der Waals surface area contributed by atoms with Crippen molar-refractivity contribution in [2.45, 2.75) is 26.4 Å². The first-order valence-electron chi connectivity index (χ1n) is 6.06. The number of halogens is 1. The van der Waals surface area contributed by atoms with Crippen LogP contribution in [0.3, 0.4) is 0 Å². The van der Waals surface area contributed by atoms with Crippen molar-refractivity contribution in [3.05, 3.63) is 16.2 Å². The summed E-state index contributed by atoms with van der Waals surface area (Å²) in [5.74, 6) is 0.266. The van der Waals surface area contributed by atoms with Crippen molar-refractivity contribution >= 4 is 27.7 Å². The lowest BCUT2D eigenvalue weighted by Crippen LogP contribution is -2.41. The highest BCUT2D eigenvalue weighted by Crippen LogP contribution is 2.34. The molecule has 2 rings (SSSR count). The Labute approximate surface area is 125 Å². The molecule has 7 heteroatoms. The fourth-order valence-electron chi connectivity index (χ4n) is 1.70. The van der Waals surface area contributed by atoms with Crippen molar-refractivity contribution in [1.29, 1.82) is 5.26 Å². The molecule has 0 radical (unpaired) electrons. The molecule has 2 heterocycles. The molecule has 0 saturated heterocycles. The van der Waals surface area contributed by atoms with Crippen LogP contribution in [0.2, 0.25) is 0 Å². The van der Waals surface area contributed by atoms with Gasteiger partial charge in [-0.2, -0.15) is 10.2 Å². The number of fused-ring (bicyclic) bond motifs is 1. The van der Waals surface area contributed by atoms with E-state index in [9.17, 15) is 4.79 Å². The number of amides is 1. The summed E-state index contributed by atoms with van der Waals surface area (Å²) >= 11 is 3.25. The number of nitrogens with zero attached hydrogens (tertiary/aromatic N) is 3. The van der Waals surface area contributed by atoms with Crippen molar-refractivity contribution in [3.8, 4) is 11.9 Å². The number of pyridine rings is 1. The van der Waals surface area contributed by atoms with Gasteiger partial charge < -0.3 is 9.47 Å². The number of anilines is 1. The summed E-state index contributed by atoms with van der Waals surface area (Å²) in [6.45, 7) is 6.10. The maximum absolute atomic E-state index is 12.2. The van der Waals surface area contributed by atoms with Gasteiger partial charge in [-0.05, 0) is 42.8 Å². The summed E-state index contributed by atoms with van der Waals surface area (Å²) in [6, 6.07) is 3.60. The molecule has 0 saturated carbocycles. The zero-order valence-corrected chi connectivity index (χ0v) is 13.0. The first-order valence-corrected chi connectivity index (χ1v) is 6.85. The highest BCUT2D eigenvalue weighted by Gasteiger charge is 2.30. The lowest BCUT2D eigenvalue weighted by molar-refractivity contribution is 0.0566. The lowest BCUT2D eigenvalue weighted by Gasteiger charge is -2.31. The maximum Gasteiger partial charge on any atom is 0.415 e. The van der Waals surface area contributed by atoms with Crippen LogP contribution in [-0.4, -0.2) is 29.8 Å². The first kappa shape index (κ1) is 14.6. The van der Waals surface area contributed by atoms with E-state index in [1.165, 1.54) is 4.90 Å². The molecule has 20 heavy (non-hydrogen) atoms. The number of aromatic nitrogens is 1. The predicted molar refractivity (Wildman–Crippen MR) is 75.7 cm³/mol. The third-order valence-corrected chi connectivity index (χ3v) is 3.09. The molecule has 0 atom stereocenters. The minimum atomic E-state index is -0.577. The molecule has 0 N–H and O–H groups in total. The zero-order chi connectivity index (χ0) is 14.9. The molecule has 1 aromatic rings. The van der Waals surface area contributed by atoms with Gasteiger partial charge in [-0.1, -0.05) is 0 Å². The Kier molecular flexibility index (Phi) is 3.86. The van der Waals surface area contributed by atoms with Crippen molar-refractivity contribution < 1.29 is 14.3 Å². The van der Waals surface area contributed by atoms with Gasteiger partial charge in [0.15, 0.2) is 5.69 Å². The summed E-state index contributed by atoms with van der Waals surface area (Å²) in [6.07, 6.45) is -0.458. The molecule has 0 aliphatic carbocycles. The van der Waals surface area contributed by atoms with Crippen molar-refractivity contribution in [2.75, 3.05) is 18.1 Å². The van der Waals surface area contributed by atoms with Crippen molar-refractivity contribution in [1.82, 2.24) is 4.98 Å². The van der Waals surface area contributed by atoms with E-state index in [2.05, 4.69) is 20.9 Å². The van der Waals surface area contributed by atoms with Gasteiger partial charge in [0.25, 0.3) is 0 Å². The van der Waals surface area contributed by atoms with E-state index in [4.69, 9.17) is 14.7 Å². The number of ether oxygens (including phenoxy) is 2. The molecule has 106 valence electrons. The molecule has 1 aromatic heterocycles. The highest BCUT2D eigenvalue weighted by molar-refractivity contribution is 9.10. The fraction of sp³-hybridized carbons (Fsp3) is 0.462. The zero-order valence-electron chi connectivity index (χ0n) is 11.4. The Balaban J connectivity index is 2.36. The van der Waals surface area contributed by atoms with Crippen molar-refractivity contribution in [3.63, 3.8) is 0 Å². The maximum atomic E-state index is 12.2. The van der Waals surface area contributed by atoms with E-state index in [1.807, 2.05) is 6.07 Å². The molecule has 0 bridgehead atoms. The molecule has 0 aromatic carbocycles. The standard InChI is InChI=1S/C13H14BrN3O3/c1-13(2,3)20-12(18)17-4-5-19-11-10(17)6-8(14)9(7-15)16-11/h6H,4-5H2,1-3H3.